The maximum absolute atomic E-state index is 12.3. The summed E-state index contributed by atoms with van der Waals surface area (Å²) in [6.45, 7) is -2.57. The Bertz CT molecular complexity index is 741. The average molecular weight is 366 g/mol. The van der Waals surface area contributed by atoms with Crippen LogP contribution in [-0.4, -0.2) is 33.4 Å². The fraction of sp³-hybridized carbons (Fsp3) is 0.278. The van der Waals surface area contributed by atoms with Crippen molar-refractivity contribution in [3.63, 3.8) is 0 Å². The highest BCUT2D eigenvalue weighted by molar-refractivity contribution is 5.90. The van der Waals surface area contributed by atoms with Crippen LogP contribution in [0.4, 0.5) is 19.3 Å². The molecule has 0 aliphatic heterocycles. The van der Waals surface area contributed by atoms with Gasteiger partial charge in [-0.2, -0.15) is 8.78 Å². The van der Waals surface area contributed by atoms with Gasteiger partial charge < -0.3 is 24.8 Å². The number of hydrogen-bond donors (Lipinski definition) is 2. The molecule has 6 nitrogen and oxygen atoms in total. The molecule has 2 aromatic rings. The second-order valence-corrected chi connectivity index (χ2v) is 5.19. The Balaban J connectivity index is 1.88. The predicted octanol–water partition coefficient (Wildman–Crippen LogP) is 3.67. The van der Waals surface area contributed by atoms with Crippen LogP contribution in [0.3, 0.4) is 0 Å². The van der Waals surface area contributed by atoms with Gasteiger partial charge in [0, 0.05) is 6.54 Å². The molecular weight excluding hydrogens is 346 g/mol. The number of rotatable bonds is 8. The number of alkyl halides is 2. The number of para-hydroxylation sites is 2. The van der Waals surface area contributed by atoms with Gasteiger partial charge >= 0.3 is 12.6 Å². The van der Waals surface area contributed by atoms with E-state index in [1.54, 1.807) is 36.4 Å². The molecule has 0 spiro atoms. The van der Waals surface area contributed by atoms with E-state index in [0.717, 1.165) is 5.56 Å². The van der Waals surface area contributed by atoms with E-state index in [1.165, 1.54) is 20.3 Å². The first-order valence-corrected chi connectivity index (χ1v) is 7.83. The number of methoxy groups -OCH3 is 2. The second kappa shape index (κ2) is 9.45. The monoisotopic (exact) mass is 366 g/mol. The van der Waals surface area contributed by atoms with Gasteiger partial charge in [0.1, 0.15) is 5.75 Å². The third-order valence-electron chi connectivity index (χ3n) is 3.50. The predicted molar refractivity (Wildman–Crippen MR) is 93.3 cm³/mol. The van der Waals surface area contributed by atoms with E-state index in [0.29, 0.717) is 24.4 Å². The lowest BCUT2D eigenvalue weighted by molar-refractivity contribution is -0.0512. The minimum atomic E-state index is -2.92. The molecular formula is C18H20F2N2O4. The summed E-state index contributed by atoms with van der Waals surface area (Å²) in [7, 11) is 2.89. The lowest BCUT2D eigenvalue weighted by Gasteiger charge is -2.12. The number of amides is 2. The van der Waals surface area contributed by atoms with Gasteiger partial charge in [-0.05, 0) is 36.2 Å². The average Bonchev–Trinajstić information content (AvgIpc) is 2.62. The summed E-state index contributed by atoms with van der Waals surface area (Å²) in [4.78, 5) is 12.0. The quantitative estimate of drug-likeness (QED) is 0.748. The Morgan fingerprint density at radius 1 is 1.04 bits per heavy atom. The van der Waals surface area contributed by atoms with Gasteiger partial charge in [-0.25, -0.2) is 4.79 Å². The molecule has 0 fully saturated rings. The zero-order valence-electron chi connectivity index (χ0n) is 14.4. The normalized spacial score (nSPS) is 10.3. The van der Waals surface area contributed by atoms with Crippen LogP contribution in [-0.2, 0) is 6.42 Å². The molecule has 0 radical (unpaired) electrons. The Morgan fingerprint density at radius 3 is 2.46 bits per heavy atom. The Hall–Kier alpha value is -3.03. The van der Waals surface area contributed by atoms with Gasteiger partial charge in [0.05, 0.1) is 19.9 Å². The number of hydrogen-bond acceptors (Lipinski definition) is 4. The smallest absolute Gasteiger partial charge is 0.387 e. The topological polar surface area (TPSA) is 68.8 Å². The van der Waals surface area contributed by atoms with Gasteiger partial charge in [0.2, 0.25) is 0 Å². The van der Waals surface area contributed by atoms with Crippen molar-refractivity contribution in [2.45, 2.75) is 13.0 Å². The summed E-state index contributed by atoms with van der Waals surface area (Å²) in [6, 6.07) is 11.3. The zero-order valence-corrected chi connectivity index (χ0v) is 14.4. The Labute approximate surface area is 150 Å². The standard InChI is InChI=1S/C18H20F2N2O4/c1-24-14-6-4-3-5-13(14)22-18(23)21-10-9-12-7-8-15(26-17(19)20)16(11-12)25-2/h3-8,11,17H,9-10H2,1-2H3,(H2,21,22,23). The zero-order chi connectivity index (χ0) is 18.9. The van der Waals surface area contributed by atoms with Crippen LogP contribution in [0.5, 0.6) is 17.2 Å². The summed E-state index contributed by atoms with van der Waals surface area (Å²) in [5, 5.41) is 5.42. The first-order chi connectivity index (χ1) is 12.5. The van der Waals surface area contributed by atoms with Crippen molar-refractivity contribution < 1.29 is 27.8 Å². The summed E-state index contributed by atoms with van der Waals surface area (Å²) >= 11 is 0. The van der Waals surface area contributed by atoms with Gasteiger partial charge in [-0.15, -0.1) is 0 Å². The van der Waals surface area contributed by atoms with E-state index in [4.69, 9.17) is 9.47 Å². The number of carbonyl (C=O) groups excluding carboxylic acids is 1. The molecule has 0 saturated carbocycles. The molecule has 0 bridgehead atoms. The fourth-order valence-corrected chi connectivity index (χ4v) is 2.30. The van der Waals surface area contributed by atoms with Crippen LogP contribution in [0.15, 0.2) is 42.5 Å². The lowest BCUT2D eigenvalue weighted by Crippen LogP contribution is -2.30. The maximum Gasteiger partial charge on any atom is 0.387 e. The molecule has 0 unspecified atom stereocenters. The van der Waals surface area contributed by atoms with Crippen molar-refractivity contribution in [2.75, 3.05) is 26.1 Å². The van der Waals surface area contributed by atoms with Crippen molar-refractivity contribution >= 4 is 11.7 Å². The van der Waals surface area contributed by atoms with E-state index >= 15 is 0 Å². The lowest BCUT2D eigenvalue weighted by atomic mass is 10.1. The molecule has 0 aliphatic carbocycles. The minimum absolute atomic E-state index is 0.0341. The first-order valence-electron chi connectivity index (χ1n) is 7.83. The Kier molecular flexibility index (Phi) is 7.02. The molecule has 26 heavy (non-hydrogen) atoms. The van der Waals surface area contributed by atoms with Gasteiger partial charge in [0.15, 0.2) is 11.5 Å². The molecule has 0 saturated heterocycles. The van der Waals surface area contributed by atoms with Crippen LogP contribution < -0.4 is 24.8 Å². The van der Waals surface area contributed by atoms with Crippen LogP contribution in [0, 0.1) is 0 Å². The highest BCUT2D eigenvalue weighted by atomic mass is 19.3. The molecule has 8 heteroatoms. The summed E-state index contributed by atoms with van der Waals surface area (Å²) in [5.74, 6) is 0.733. The summed E-state index contributed by atoms with van der Waals surface area (Å²) in [6.07, 6.45) is 0.491. The number of benzene rings is 2. The molecule has 2 amide bonds. The van der Waals surface area contributed by atoms with Gasteiger partial charge in [0.25, 0.3) is 0 Å². The highest BCUT2D eigenvalue weighted by Crippen LogP contribution is 2.29. The molecule has 0 atom stereocenters. The maximum atomic E-state index is 12.3. The van der Waals surface area contributed by atoms with E-state index in [1.807, 2.05) is 0 Å². The number of anilines is 1. The number of urea groups is 1. The van der Waals surface area contributed by atoms with Crippen LogP contribution in [0.1, 0.15) is 5.56 Å². The second-order valence-electron chi connectivity index (χ2n) is 5.19. The van der Waals surface area contributed by atoms with Crippen molar-refractivity contribution in [2.24, 2.45) is 0 Å². The van der Waals surface area contributed by atoms with E-state index in [9.17, 15) is 13.6 Å². The number of halogens is 2. The number of ether oxygens (including phenoxy) is 3. The van der Waals surface area contributed by atoms with Crippen LogP contribution in [0.2, 0.25) is 0 Å². The first kappa shape index (κ1) is 19.3. The van der Waals surface area contributed by atoms with Crippen molar-refractivity contribution in [1.82, 2.24) is 5.32 Å². The SMILES string of the molecule is COc1ccccc1NC(=O)NCCc1ccc(OC(F)F)c(OC)c1. The molecule has 140 valence electrons. The van der Waals surface area contributed by atoms with Crippen LogP contribution >= 0.6 is 0 Å². The summed E-state index contributed by atoms with van der Waals surface area (Å²) in [5.41, 5.74) is 1.36. The molecule has 2 rings (SSSR count). The van der Waals surface area contributed by atoms with E-state index < -0.39 is 6.61 Å². The van der Waals surface area contributed by atoms with E-state index in [2.05, 4.69) is 15.4 Å². The molecule has 0 aromatic heterocycles. The third kappa shape index (κ3) is 5.51. The van der Waals surface area contributed by atoms with Crippen molar-refractivity contribution in [3.05, 3.63) is 48.0 Å². The minimum Gasteiger partial charge on any atom is -0.495 e. The van der Waals surface area contributed by atoms with Gasteiger partial charge in [-0.1, -0.05) is 18.2 Å². The molecule has 2 aromatic carbocycles. The number of nitrogens with one attached hydrogen (secondary N) is 2. The van der Waals surface area contributed by atoms with Crippen LogP contribution in [0.25, 0.3) is 0 Å². The van der Waals surface area contributed by atoms with Crippen molar-refractivity contribution in [1.29, 1.82) is 0 Å². The molecule has 0 heterocycles. The summed E-state index contributed by atoms with van der Waals surface area (Å²) < 4.78 is 39.2. The number of carbonyl (C=O) groups is 1. The fourth-order valence-electron chi connectivity index (χ4n) is 2.30. The Morgan fingerprint density at radius 2 is 1.77 bits per heavy atom. The highest BCUT2D eigenvalue weighted by Gasteiger charge is 2.11. The molecule has 0 aliphatic rings. The van der Waals surface area contributed by atoms with Crippen molar-refractivity contribution in [3.8, 4) is 17.2 Å². The molecule has 2 N–H and O–H groups in total. The largest absolute Gasteiger partial charge is 0.495 e. The third-order valence-corrected chi connectivity index (χ3v) is 3.50. The van der Waals surface area contributed by atoms with Gasteiger partial charge in [-0.3, -0.25) is 0 Å². The van der Waals surface area contributed by atoms with E-state index in [-0.39, 0.29) is 17.5 Å².